The average Bonchev–Trinajstić information content (AvgIpc) is 3.16. The van der Waals surface area contributed by atoms with Crippen LogP contribution >= 0.6 is 12.4 Å². The van der Waals surface area contributed by atoms with E-state index in [0.717, 1.165) is 24.9 Å². The maximum absolute atomic E-state index is 13.8. The summed E-state index contributed by atoms with van der Waals surface area (Å²) in [4.78, 5) is 12.7. The fraction of sp³-hybridized carbons (Fsp3) is 0.316. The number of rotatable bonds is 5. The summed E-state index contributed by atoms with van der Waals surface area (Å²) in [5.41, 5.74) is 0.807. The summed E-state index contributed by atoms with van der Waals surface area (Å²) < 4.78 is 50.9. The lowest BCUT2D eigenvalue weighted by Crippen LogP contribution is -2.35. The van der Waals surface area contributed by atoms with Crippen molar-refractivity contribution in [1.82, 2.24) is 10.6 Å². The number of hydrogen-bond donors (Lipinski definition) is 2. The van der Waals surface area contributed by atoms with Crippen molar-refractivity contribution in [3.63, 3.8) is 0 Å². The number of carbonyl (C=O) groups excluding carboxylic acids is 1. The van der Waals surface area contributed by atoms with Crippen LogP contribution in [-0.4, -0.2) is 33.7 Å². The molecule has 0 bridgehead atoms. The van der Waals surface area contributed by atoms with Crippen LogP contribution in [0.25, 0.3) is 0 Å². The largest absolute Gasteiger partial charge is 0.345 e. The highest BCUT2D eigenvalue weighted by atomic mass is 35.5. The molecule has 1 aliphatic heterocycles. The first-order valence-electron chi connectivity index (χ1n) is 8.52. The summed E-state index contributed by atoms with van der Waals surface area (Å²) in [5, 5.41) is 5.96. The van der Waals surface area contributed by atoms with Gasteiger partial charge in [-0.3, -0.25) is 4.79 Å². The van der Waals surface area contributed by atoms with E-state index in [9.17, 15) is 22.0 Å². The van der Waals surface area contributed by atoms with Gasteiger partial charge in [0.1, 0.15) is 0 Å². The normalized spacial score (nSPS) is 17.6. The van der Waals surface area contributed by atoms with Gasteiger partial charge in [-0.25, -0.2) is 17.2 Å². The second-order valence-corrected chi connectivity index (χ2v) is 8.67. The minimum atomic E-state index is -3.46. The molecule has 0 aromatic heterocycles. The maximum atomic E-state index is 13.8. The van der Waals surface area contributed by atoms with Crippen molar-refractivity contribution in [1.29, 1.82) is 0 Å². The van der Waals surface area contributed by atoms with Gasteiger partial charge in [-0.1, -0.05) is 18.2 Å². The van der Waals surface area contributed by atoms with E-state index in [0.29, 0.717) is 24.1 Å². The Morgan fingerprint density at radius 1 is 1.14 bits per heavy atom. The summed E-state index contributed by atoms with van der Waals surface area (Å²) in [6, 6.07) is 8.67. The molecule has 0 saturated carbocycles. The Morgan fingerprint density at radius 3 is 2.46 bits per heavy atom. The van der Waals surface area contributed by atoms with Crippen molar-refractivity contribution < 1.29 is 22.0 Å². The van der Waals surface area contributed by atoms with Crippen molar-refractivity contribution in [3.05, 3.63) is 65.2 Å². The molecular formula is C19H21ClF2N2O3S. The minimum absolute atomic E-state index is 0. The van der Waals surface area contributed by atoms with E-state index in [1.54, 1.807) is 12.1 Å². The molecule has 2 unspecified atom stereocenters. The molecule has 1 aliphatic rings. The van der Waals surface area contributed by atoms with E-state index in [4.69, 9.17) is 0 Å². The Morgan fingerprint density at radius 2 is 1.86 bits per heavy atom. The van der Waals surface area contributed by atoms with Gasteiger partial charge in [0, 0.05) is 12.8 Å². The molecule has 2 N–H and O–H groups in total. The van der Waals surface area contributed by atoms with Crippen LogP contribution in [0.4, 0.5) is 8.78 Å². The van der Waals surface area contributed by atoms with Gasteiger partial charge >= 0.3 is 0 Å². The van der Waals surface area contributed by atoms with E-state index in [2.05, 4.69) is 10.6 Å². The van der Waals surface area contributed by atoms with E-state index in [1.165, 1.54) is 18.2 Å². The monoisotopic (exact) mass is 430 g/mol. The van der Waals surface area contributed by atoms with Crippen LogP contribution in [0.3, 0.4) is 0 Å². The van der Waals surface area contributed by atoms with E-state index >= 15 is 0 Å². The fourth-order valence-corrected chi connectivity index (χ4v) is 3.79. The molecule has 0 spiro atoms. The molecule has 9 heteroatoms. The molecule has 1 amide bonds. The van der Waals surface area contributed by atoms with Crippen LogP contribution in [0.15, 0.2) is 47.4 Å². The van der Waals surface area contributed by atoms with Gasteiger partial charge in [0.25, 0.3) is 0 Å². The third-order valence-electron chi connectivity index (χ3n) is 4.61. The van der Waals surface area contributed by atoms with Gasteiger partial charge in [-0.15, -0.1) is 12.4 Å². The molecule has 1 heterocycles. The summed E-state index contributed by atoms with van der Waals surface area (Å²) >= 11 is 0. The number of carbonyl (C=O) groups is 1. The molecule has 0 radical (unpaired) electrons. The molecular weight excluding hydrogens is 410 g/mol. The zero-order valence-electron chi connectivity index (χ0n) is 15.1. The fourth-order valence-electron chi connectivity index (χ4n) is 3.11. The van der Waals surface area contributed by atoms with Crippen LogP contribution in [-0.2, 0) is 14.6 Å². The van der Waals surface area contributed by atoms with Gasteiger partial charge in [0.15, 0.2) is 21.5 Å². The maximum Gasteiger partial charge on any atom is 0.225 e. The van der Waals surface area contributed by atoms with Crippen molar-refractivity contribution in [2.24, 2.45) is 5.92 Å². The molecule has 1 saturated heterocycles. The van der Waals surface area contributed by atoms with Crippen LogP contribution < -0.4 is 10.6 Å². The van der Waals surface area contributed by atoms with Crippen molar-refractivity contribution in [2.75, 3.05) is 19.3 Å². The number of nitrogens with one attached hydrogen (secondary N) is 2. The number of halogens is 3. The molecule has 0 aliphatic carbocycles. The third-order valence-corrected chi connectivity index (χ3v) is 5.72. The molecule has 28 heavy (non-hydrogen) atoms. The van der Waals surface area contributed by atoms with E-state index in [-0.39, 0.29) is 29.1 Å². The van der Waals surface area contributed by atoms with E-state index < -0.39 is 27.5 Å². The number of benzene rings is 2. The minimum Gasteiger partial charge on any atom is -0.345 e. The average molecular weight is 431 g/mol. The number of amides is 1. The molecule has 2 aromatic rings. The predicted octanol–water partition coefficient (Wildman–Crippen LogP) is 2.61. The zero-order valence-corrected chi connectivity index (χ0v) is 16.7. The quantitative estimate of drug-likeness (QED) is 0.764. The Kier molecular flexibility index (Phi) is 7.14. The molecule has 1 fully saturated rings. The van der Waals surface area contributed by atoms with Gasteiger partial charge in [0.2, 0.25) is 5.91 Å². The number of hydrogen-bond acceptors (Lipinski definition) is 4. The zero-order chi connectivity index (χ0) is 19.6. The van der Waals surface area contributed by atoms with Gasteiger partial charge < -0.3 is 10.6 Å². The summed E-state index contributed by atoms with van der Waals surface area (Å²) in [7, 11) is -3.46. The summed E-state index contributed by atoms with van der Waals surface area (Å²) in [5.74, 6) is -2.47. The first-order valence-corrected chi connectivity index (χ1v) is 10.4. The highest BCUT2D eigenvalue weighted by molar-refractivity contribution is 7.90. The van der Waals surface area contributed by atoms with Crippen LogP contribution in [0.5, 0.6) is 0 Å². The Hall–Kier alpha value is -2.03. The first-order chi connectivity index (χ1) is 12.8. The summed E-state index contributed by atoms with van der Waals surface area (Å²) in [6.07, 6.45) is 1.77. The molecule has 152 valence electrons. The second-order valence-electron chi connectivity index (χ2n) is 6.65. The molecule has 5 nitrogen and oxygen atoms in total. The second kappa shape index (κ2) is 8.98. The summed E-state index contributed by atoms with van der Waals surface area (Å²) in [6.45, 7) is 1.28. The SMILES string of the molecule is CS(=O)(=O)c1cccc(C(NC(=O)C2CCNC2)c2ccc(F)c(F)c2)c1.Cl. The van der Waals surface area contributed by atoms with Crippen molar-refractivity contribution in [3.8, 4) is 0 Å². The lowest BCUT2D eigenvalue weighted by molar-refractivity contribution is -0.124. The Labute approximate surface area is 168 Å². The highest BCUT2D eigenvalue weighted by Crippen LogP contribution is 2.26. The Bertz CT molecular complexity index is 963. The molecule has 3 rings (SSSR count). The third kappa shape index (κ3) is 5.06. The Balaban J connectivity index is 0.00000280. The standard InChI is InChI=1S/C19H20F2N2O3S.ClH/c1-27(25,26)15-4-2-3-12(9-15)18(13-5-6-16(20)17(21)10-13)23-19(24)14-7-8-22-11-14;/h2-6,9-10,14,18,22H,7-8,11H2,1H3,(H,23,24);1H. The first kappa shape index (κ1) is 22.3. The lowest BCUT2D eigenvalue weighted by Gasteiger charge is -2.22. The van der Waals surface area contributed by atoms with Gasteiger partial charge in [-0.05, 0) is 48.4 Å². The van der Waals surface area contributed by atoms with E-state index in [1.807, 2.05) is 0 Å². The lowest BCUT2D eigenvalue weighted by atomic mass is 9.97. The topological polar surface area (TPSA) is 75.3 Å². The van der Waals surface area contributed by atoms with Crippen molar-refractivity contribution in [2.45, 2.75) is 17.4 Å². The smallest absolute Gasteiger partial charge is 0.225 e. The van der Waals surface area contributed by atoms with Crippen LogP contribution in [0.1, 0.15) is 23.6 Å². The molecule has 2 aromatic carbocycles. The predicted molar refractivity (Wildman–Crippen MR) is 104 cm³/mol. The van der Waals surface area contributed by atoms with Gasteiger partial charge in [-0.2, -0.15) is 0 Å². The van der Waals surface area contributed by atoms with Crippen molar-refractivity contribution >= 4 is 28.2 Å². The van der Waals surface area contributed by atoms with Crippen LogP contribution in [0, 0.1) is 17.6 Å². The molecule has 2 atom stereocenters. The van der Waals surface area contributed by atoms with Gasteiger partial charge in [0.05, 0.1) is 16.9 Å². The highest BCUT2D eigenvalue weighted by Gasteiger charge is 2.26. The number of sulfone groups is 1. The van der Waals surface area contributed by atoms with Crippen LogP contribution in [0.2, 0.25) is 0 Å².